The Morgan fingerprint density at radius 1 is 1.20 bits per heavy atom. The van der Waals surface area contributed by atoms with E-state index < -0.39 is 11.7 Å². The number of rotatable bonds is 7. The van der Waals surface area contributed by atoms with Crippen LogP contribution in [0.15, 0.2) is 29.3 Å². The first-order valence-electron chi connectivity index (χ1n) is 10.6. The van der Waals surface area contributed by atoms with Crippen LogP contribution in [0.1, 0.15) is 46.1 Å². The Labute approximate surface area is 185 Å². The van der Waals surface area contributed by atoms with Crippen LogP contribution in [-0.4, -0.2) is 57.0 Å². The molecule has 1 aromatic carbocycles. The van der Waals surface area contributed by atoms with Crippen LogP contribution >= 0.6 is 11.6 Å². The molecule has 0 unspecified atom stereocenters. The van der Waals surface area contributed by atoms with Crippen LogP contribution in [0.4, 0.5) is 4.79 Å². The van der Waals surface area contributed by atoms with Crippen LogP contribution in [0.5, 0.6) is 0 Å². The molecule has 1 aromatic rings. The van der Waals surface area contributed by atoms with E-state index >= 15 is 0 Å². The summed E-state index contributed by atoms with van der Waals surface area (Å²) in [5.41, 5.74) is 0.594. The number of aliphatic imine (C=N–C) groups is 1. The number of hydrogen-bond donors (Lipinski definition) is 3. The zero-order valence-corrected chi connectivity index (χ0v) is 19.3. The fraction of sp³-hybridized carbons (Fsp3) is 0.636. The van der Waals surface area contributed by atoms with Crippen molar-refractivity contribution in [2.75, 3.05) is 39.4 Å². The number of carbonyl (C=O) groups excluding carboxylic acids is 1. The second-order valence-electron chi connectivity index (χ2n) is 8.45. The molecule has 2 rings (SSSR count). The topological polar surface area (TPSA) is 84.0 Å². The van der Waals surface area contributed by atoms with Gasteiger partial charge in [0.25, 0.3) is 0 Å². The number of ether oxygens (including phenoxy) is 2. The Morgan fingerprint density at radius 2 is 1.90 bits per heavy atom. The Hall–Kier alpha value is -1.99. The number of amides is 1. The lowest BCUT2D eigenvalue weighted by Crippen LogP contribution is -2.44. The predicted molar refractivity (Wildman–Crippen MR) is 121 cm³/mol. The van der Waals surface area contributed by atoms with E-state index in [-0.39, 0.29) is 5.41 Å². The largest absolute Gasteiger partial charge is 0.444 e. The van der Waals surface area contributed by atoms with Gasteiger partial charge in [-0.25, -0.2) is 4.79 Å². The number of benzene rings is 1. The molecule has 1 aliphatic heterocycles. The van der Waals surface area contributed by atoms with Gasteiger partial charge < -0.3 is 25.4 Å². The summed E-state index contributed by atoms with van der Waals surface area (Å²) in [4.78, 5) is 16.6. The number of alkyl carbamates (subject to hydrolysis) is 1. The van der Waals surface area contributed by atoms with E-state index in [2.05, 4.69) is 22.0 Å². The Balaban J connectivity index is 1.98. The van der Waals surface area contributed by atoms with Crippen molar-refractivity contribution in [1.29, 1.82) is 0 Å². The summed E-state index contributed by atoms with van der Waals surface area (Å²) in [6.07, 6.45) is 1.38. The molecule has 7 nitrogen and oxygen atoms in total. The highest BCUT2D eigenvalue weighted by molar-refractivity contribution is 6.30. The average molecular weight is 439 g/mol. The lowest BCUT2D eigenvalue weighted by Gasteiger charge is -2.36. The van der Waals surface area contributed by atoms with Crippen molar-refractivity contribution in [3.8, 4) is 0 Å². The third-order valence-electron chi connectivity index (χ3n) is 4.86. The van der Waals surface area contributed by atoms with Gasteiger partial charge in [-0.2, -0.15) is 0 Å². The summed E-state index contributed by atoms with van der Waals surface area (Å²) in [5, 5.41) is 10.0. The Bertz CT molecular complexity index is 713. The van der Waals surface area contributed by atoms with E-state index in [9.17, 15) is 4.79 Å². The first-order chi connectivity index (χ1) is 14.2. The van der Waals surface area contributed by atoms with Crippen molar-refractivity contribution in [2.45, 2.75) is 51.6 Å². The van der Waals surface area contributed by atoms with Crippen LogP contribution in [-0.2, 0) is 14.9 Å². The van der Waals surface area contributed by atoms with Gasteiger partial charge in [-0.1, -0.05) is 23.7 Å². The monoisotopic (exact) mass is 438 g/mol. The Morgan fingerprint density at radius 3 is 2.53 bits per heavy atom. The SMILES string of the molecule is CCNC(=NCC1(c2cccc(Cl)c2)CCOCC1)NCCNC(=O)OC(C)(C)C. The van der Waals surface area contributed by atoms with E-state index in [1.807, 2.05) is 45.9 Å². The molecule has 30 heavy (non-hydrogen) atoms. The van der Waals surface area contributed by atoms with Crippen LogP contribution in [0.25, 0.3) is 0 Å². The maximum Gasteiger partial charge on any atom is 0.407 e. The van der Waals surface area contributed by atoms with Crippen molar-refractivity contribution in [3.63, 3.8) is 0 Å². The summed E-state index contributed by atoms with van der Waals surface area (Å²) in [6.45, 7) is 11.3. The first-order valence-corrected chi connectivity index (χ1v) is 10.9. The molecule has 0 atom stereocenters. The van der Waals surface area contributed by atoms with Crippen molar-refractivity contribution < 1.29 is 14.3 Å². The van der Waals surface area contributed by atoms with Gasteiger partial charge in [-0.15, -0.1) is 0 Å². The molecule has 0 saturated carbocycles. The molecule has 0 bridgehead atoms. The van der Waals surface area contributed by atoms with E-state index in [0.717, 1.165) is 30.4 Å². The lowest BCUT2D eigenvalue weighted by molar-refractivity contribution is 0.0527. The number of hydrogen-bond acceptors (Lipinski definition) is 4. The van der Waals surface area contributed by atoms with Crippen LogP contribution < -0.4 is 16.0 Å². The van der Waals surface area contributed by atoms with Gasteiger partial charge in [0.15, 0.2) is 5.96 Å². The quantitative estimate of drug-likeness (QED) is 0.345. The molecule has 1 aliphatic rings. The van der Waals surface area contributed by atoms with Gasteiger partial charge in [-0.05, 0) is 58.2 Å². The summed E-state index contributed by atoms with van der Waals surface area (Å²) < 4.78 is 10.8. The van der Waals surface area contributed by atoms with Crippen LogP contribution in [0.2, 0.25) is 5.02 Å². The van der Waals surface area contributed by atoms with Crippen LogP contribution in [0, 0.1) is 0 Å². The van der Waals surface area contributed by atoms with Crippen molar-refractivity contribution in [3.05, 3.63) is 34.9 Å². The molecule has 1 amide bonds. The maximum atomic E-state index is 11.8. The highest BCUT2D eigenvalue weighted by atomic mass is 35.5. The number of carbonyl (C=O) groups is 1. The minimum atomic E-state index is -0.508. The van der Waals surface area contributed by atoms with Crippen molar-refractivity contribution >= 4 is 23.7 Å². The van der Waals surface area contributed by atoms with E-state index in [0.29, 0.717) is 32.8 Å². The number of nitrogens with zero attached hydrogens (tertiary/aromatic N) is 1. The highest BCUT2D eigenvalue weighted by Crippen LogP contribution is 2.36. The molecule has 0 spiro atoms. The molecule has 1 heterocycles. The van der Waals surface area contributed by atoms with Crippen LogP contribution in [0.3, 0.4) is 0 Å². The van der Waals surface area contributed by atoms with E-state index in [1.54, 1.807) is 0 Å². The summed E-state index contributed by atoms with van der Waals surface area (Å²) in [6, 6.07) is 8.04. The van der Waals surface area contributed by atoms with E-state index in [4.69, 9.17) is 26.1 Å². The van der Waals surface area contributed by atoms with Gasteiger partial charge in [-0.3, -0.25) is 4.99 Å². The average Bonchev–Trinajstić information content (AvgIpc) is 2.68. The van der Waals surface area contributed by atoms with E-state index in [1.165, 1.54) is 5.56 Å². The molecule has 0 radical (unpaired) electrons. The zero-order valence-electron chi connectivity index (χ0n) is 18.5. The third-order valence-corrected chi connectivity index (χ3v) is 5.09. The smallest absolute Gasteiger partial charge is 0.407 e. The maximum absolute atomic E-state index is 11.8. The van der Waals surface area contributed by atoms with Gasteiger partial charge >= 0.3 is 6.09 Å². The molecule has 0 aliphatic carbocycles. The van der Waals surface area contributed by atoms with Gasteiger partial charge in [0.05, 0.1) is 6.54 Å². The molecular formula is C22H35ClN4O3. The molecule has 1 saturated heterocycles. The standard InChI is InChI=1S/C22H35ClN4O3/c1-5-24-19(25-11-12-26-20(28)30-21(2,3)4)27-16-22(9-13-29-14-10-22)17-7-6-8-18(23)15-17/h6-8,15H,5,9-14,16H2,1-4H3,(H,26,28)(H2,24,25,27). The Kier molecular flexibility index (Phi) is 9.24. The zero-order chi connectivity index (χ0) is 22.0. The lowest BCUT2D eigenvalue weighted by atomic mass is 9.74. The summed E-state index contributed by atoms with van der Waals surface area (Å²) >= 11 is 6.25. The first kappa shape index (κ1) is 24.3. The fourth-order valence-corrected chi connectivity index (χ4v) is 3.54. The van der Waals surface area contributed by atoms with Crippen molar-refractivity contribution in [2.24, 2.45) is 4.99 Å². The second kappa shape index (κ2) is 11.4. The molecular weight excluding hydrogens is 404 g/mol. The minimum absolute atomic E-state index is 0.0970. The summed E-state index contributed by atoms with van der Waals surface area (Å²) in [5.74, 6) is 0.719. The fourth-order valence-electron chi connectivity index (χ4n) is 3.35. The number of halogens is 1. The van der Waals surface area contributed by atoms with Gasteiger partial charge in [0, 0.05) is 43.3 Å². The van der Waals surface area contributed by atoms with Gasteiger partial charge in [0.1, 0.15) is 5.60 Å². The molecule has 3 N–H and O–H groups in total. The molecule has 1 fully saturated rings. The second-order valence-corrected chi connectivity index (χ2v) is 8.89. The normalized spacial score (nSPS) is 16.6. The highest BCUT2D eigenvalue weighted by Gasteiger charge is 2.34. The summed E-state index contributed by atoms with van der Waals surface area (Å²) in [7, 11) is 0. The minimum Gasteiger partial charge on any atom is -0.444 e. The molecule has 168 valence electrons. The van der Waals surface area contributed by atoms with Gasteiger partial charge in [0.2, 0.25) is 0 Å². The third kappa shape index (κ3) is 8.03. The molecule has 8 heteroatoms. The predicted octanol–water partition coefficient (Wildman–Crippen LogP) is 3.47. The van der Waals surface area contributed by atoms with Crippen molar-refractivity contribution in [1.82, 2.24) is 16.0 Å². The number of nitrogens with one attached hydrogen (secondary N) is 3. The number of guanidine groups is 1. The molecule has 0 aromatic heterocycles.